The maximum atomic E-state index is 12.3. The number of carbonyl (C=O) groups excluding carboxylic acids is 4. The van der Waals surface area contributed by atoms with Gasteiger partial charge in [-0.2, -0.15) is 0 Å². The molecule has 0 saturated carbocycles. The number of urea groups is 1. The van der Waals surface area contributed by atoms with Crippen molar-refractivity contribution in [3.63, 3.8) is 0 Å². The molecule has 8 nitrogen and oxygen atoms in total. The molecule has 1 aromatic rings. The first-order valence-electron chi connectivity index (χ1n) is 7.22. The average Bonchev–Trinajstić information content (AvgIpc) is 2.51. The molecule has 0 unspecified atom stereocenters. The number of likely N-dealkylation sites (N-methyl/N-ethyl adjacent to an activating group) is 1. The highest BCUT2D eigenvalue weighted by Crippen LogP contribution is 2.17. The summed E-state index contributed by atoms with van der Waals surface area (Å²) >= 11 is 0. The molecule has 1 aromatic carbocycles. The van der Waals surface area contributed by atoms with Gasteiger partial charge >= 0.3 is 17.8 Å². The second-order valence-corrected chi connectivity index (χ2v) is 5.07. The number of nitrogens with zero attached hydrogens (tertiary/aromatic N) is 2. The Kier molecular flexibility index (Phi) is 4.95. The number of anilines is 1. The SMILES string of the molecule is CCN1CCN(C(=O)Nc2ccccc2CC(N)=O)C(=O)C1=O. The van der Waals surface area contributed by atoms with E-state index in [-0.39, 0.29) is 13.0 Å². The molecule has 3 N–H and O–H groups in total. The molecule has 1 heterocycles. The van der Waals surface area contributed by atoms with Gasteiger partial charge in [-0.3, -0.25) is 19.3 Å². The van der Waals surface area contributed by atoms with E-state index >= 15 is 0 Å². The fourth-order valence-electron chi connectivity index (χ4n) is 2.34. The van der Waals surface area contributed by atoms with Crippen LogP contribution in [0.3, 0.4) is 0 Å². The van der Waals surface area contributed by atoms with Crippen LogP contribution in [0.1, 0.15) is 12.5 Å². The summed E-state index contributed by atoms with van der Waals surface area (Å²) in [6.07, 6.45) is -0.0348. The highest BCUT2D eigenvalue weighted by atomic mass is 16.2. The third kappa shape index (κ3) is 3.65. The summed E-state index contributed by atoms with van der Waals surface area (Å²) in [6.45, 7) is 2.61. The summed E-state index contributed by atoms with van der Waals surface area (Å²) in [5.41, 5.74) is 6.10. The second kappa shape index (κ2) is 6.91. The summed E-state index contributed by atoms with van der Waals surface area (Å²) in [7, 11) is 0. The zero-order valence-electron chi connectivity index (χ0n) is 12.7. The van der Waals surface area contributed by atoms with Crippen molar-refractivity contribution in [1.29, 1.82) is 0 Å². The molecule has 1 saturated heterocycles. The number of hydrogen-bond acceptors (Lipinski definition) is 4. The lowest BCUT2D eigenvalue weighted by Crippen LogP contribution is -2.56. The number of rotatable bonds is 4. The molecule has 5 amide bonds. The smallest absolute Gasteiger partial charge is 0.329 e. The van der Waals surface area contributed by atoms with Crippen LogP contribution in [0.5, 0.6) is 0 Å². The Morgan fingerprint density at radius 3 is 2.52 bits per heavy atom. The van der Waals surface area contributed by atoms with Gasteiger partial charge in [-0.25, -0.2) is 4.79 Å². The summed E-state index contributed by atoms with van der Waals surface area (Å²) in [5, 5.41) is 2.56. The van der Waals surface area contributed by atoms with Crippen molar-refractivity contribution >= 4 is 29.4 Å². The van der Waals surface area contributed by atoms with Crippen LogP contribution in [-0.2, 0) is 20.8 Å². The van der Waals surface area contributed by atoms with Crippen molar-refractivity contribution in [2.75, 3.05) is 25.0 Å². The number of nitrogens with two attached hydrogens (primary N) is 1. The third-order valence-corrected chi connectivity index (χ3v) is 3.56. The van der Waals surface area contributed by atoms with E-state index in [4.69, 9.17) is 5.73 Å². The number of nitrogens with one attached hydrogen (secondary N) is 1. The first-order chi connectivity index (χ1) is 10.9. The summed E-state index contributed by atoms with van der Waals surface area (Å²) in [4.78, 5) is 49.4. The van der Waals surface area contributed by atoms with E-state index in [1.807, 2.05) is 0 Å². The number of hydrogen-bond donors (Lipinski definition) is 2. The number of imide groups is 1. The number of piperazine rings is 1. The molecule has 0 spiro atoms. The number of carbonyl (C=O) groups is 4. The van der Waals surface area contributed by atoms with Crippen molar-refractivity contribution in [3.8, 4) is 0 Å². The highest BCUT2D eigenvalue weighted by Gasteiger charge is 2.35. The Labute approximate surface area is 133 Å². The monoisotopic (exact) mass is 318 g/mol. The number of primary amides is 1. The van der Waals surface area contributed by atoms with E-state index < -0.39 is 23.8 Å². The van der Waals surface area contributed by atoms with E-state index in [1.54, 1.807) is 31.2 Å². The van der Waals surface area contributed by atoms with Gasteiger partial charge in [0.05, 0.1) is 6.42 Å². The molecule has 0 radical (unpaired) electrons. The predicted molar refractivity (Wildman–Crippen MR) is 82.3 cm³/mol. The third-order valence-electron chi connectivity index (χ3n) is 3.56. The Morgan fingerprint density at radius 2 is 1.87 bits per heavy atom. The Morgan fingerprint density at radius 1 is 1.17 bits per heavy atom. The van der Waals surface area contributed by atoms with E-state index in [0.717, 1.165) is 4.90 Å². The minimum Gasteiger partial charge on any atom is -0.369 e. The topological polar surface area (TPSA) is 113 Å². The van der Waals surface area contributed by atoms with Gasteiger partial charge in [0.15, 0.2) is 0 Å². The van der Waals surface area contributed by atoms with E-state index in [9.17, 15) is 19.2 Å². The lowest BCUT2D eigenvalue weighted by molar-refractivity contribution is -0.153. The van der Waals surface area contributed by atoms with Gasteiger partial charge < -0.3 is 16.0 Å². The van der Waals surface area contributed by atoms with E-state index in [0.29, 0.717) is 24.3 Å². The number of para-hydroxylation sites is 1. The van der Waals surface area contributed by atoms with Crippen molar-refractivity contribution in [2.24, 2.45) is 5.73 Å². The van der Waals surface area contributed by atoms with Crippen LogP contribution in [0.2, 0.25) is 0 Å². The predicted octanol–water partition coefficient (Wildman–Crippen LogP) is -0.0630. The van der Waals surface area contributed by atoms with Crippen molar-refractivity contribution in [1.82, 2.24) is 9.80 Å². The maximum absolute atomic E-state index is 12.3. The fourth-order valence-corrected chi connectivity index (χ4v) is 2.34. The van der Waals surface area contributed by atoms with E-state index in [2.05, 4.69) is 5.32 Å². The molecule has 8 heteroatoms. The summed E-state index contributed by atoms with van der Waals surface area (Å²) in [6, 6.07) is 5.95. The first kappa shape index (κ1) is 16.5. The average molecular weight is 318 g/mol. The van der Waals surface area contributed by atoms with Crippen LogP contribution in [0.25, 0.3) is 0 Å². The Balaban J connectivity index is 2.12. The van der Waals surface area contributed by atoms with Crippen molar-refractivity contribution in [2.45, 2.75) is 13.3 Å². The molecule has 122 valence electrons. The number of benzene rings is 1. The fraction of sp³-hybridized carbons (Fsp3) is 0.333. The largest absolute Gasteiger partial charge is 0.369 e. The van der Waals surface area contributed by atoms with Crippen LogP contribution in [0.15, 0.2) is 24.3 Å². The highest BCUT2D eigenvalue weighted by molar-refractivity contribution is 6.38. The molecule has 0 atom stereocenters. The minimum absolute atomic E-state index is 0.0348. The molecule has 0 aliphatic carbocycles. The van der Waals surface area contributed by atoms with Crippen LogP contribution in [0.4, 0.5) is 10.5 Å². The zero-order valence-corrected chi connectivity index (χ0v) is 12.7. The van der Waals surface area contributed by atoms with Gasteiger partial charge in [0, 0.05) is 25.3 Å². The van der Waals surface area contributed by atoms with Crippen molar-refractivity contribution < 1.29 is 19.2 Å². The van der Waals surface area contributed by atoms with Gasteiger partial charge in [-0.15, -0.1) is 0 Å². The molecule has 0 aromatic heterocycles. The molecular weight excluding hydrogens is 300 g/mol. The van der Waals surface area contributed by atoms with Gasteiger partial charge in [0.25, 0.3) is 0 Å². The molecular formula is C15H18N4O4. The lowest BCUT2D eigenvalue weighted by Gasteiger charge is -2.31. The first-order valence-corrected chi connectivity index (χ1v) is 7.22. The molecule has 23 heavy (non-hydrogen) atoms. The molecule has 1 aliphatic heterocycles. The maximum Gasteiger partial charge on any atom is 0.329 e. The van der Waals surface area contributed by atoms with Crippen LogP contribution in [0, 0.1) is 0 Å². The Bertz CT molecular complexity index is 659. The van der Waals surface area contributed by atoms with Crippen LogP contribution in [-0.4, -0.2) is 53.2 Å². The van der Waals surface area contributed by atoms with Gasteiger partial charge in [0.1, 0.15) is 0 Å². The van der Waals surface area contributed by atoms with Crippen LogP contribution < -0.4 is 11.1 Å². The summed E-state index contributed by atoms with van der Waals surface area (Å²) < 4.78 is 0. The summed E-state index contributed by atoms with van der Waals surface area (Å²) in [5.74, 6) is -2.09. The Hall–Kier alpha value is -2.90. The molecule has 2 rings (SSSR count). The lowest BCUT2D eigenvalue weighted by atomic mass is 10.1. The quantitative estimate of drug-likeness (QED) is 0.757. The minimum atomic E-state index is -0.858. The molecule has 0 bridgehead atoms. The second-order valence-electron chi connectivity index (χ2n) is 5.07. The number of amides is 5. The standard InChI is InChI=1S/C15H18N4O4/c1-2-18-7-8-19(14(22)13(18)21)15(23)17-11-6-4-3-5-10(11)9-12(16)20/h3-6H,2,7-9H2,1H3,(H2,16,20)(H,17,23). The molecule has 1 aliphatic rings. The van der Waals surface area contributed by atoms with Crippen molar-refractivity contribution in [3.05, 3.63) is 29.8 Å². The normalized spacial score (nSPS) is 14.8. The van der Waals surface area contributed by atoms with Gasteiger partial charge in [-0.05, 0) is 18.6 Å². The zero-order chi connectivity index (χ0) is 17.0. The van der Waals surface area contributed by atoms with Gasteiger partial charge in [-0.1, -0.05) is 18.2 Å². The van der Waals surface area contributed by atoms with E-state index in [1.165, 1.54) is 4.90 Å². The molecule has 1 fully saturated rings. The van der Waals surface area contributed by atoms with Gasteiger partial charge in [0.2, 0.25) is 5.91 Å². The van der Waals surface area contributed by atoms with Crippen LogP contribution >= 0.6 is 0 Å².